The highest BCUT2D eigenvalue weighted by Gasteiger charge is 2.38. The molecule has 2 aliphatic carbocycles. The number of nitrogens with zero attached hydrogens (tertiary/aromatic N) is 2. The van der Waals surface area contributed by atoms with Gasteiger partial charge in [0.05, 0.1) is 19.8 Å². The maximum Gasteiger partial charge on any atom is 0.193 e. The summed E-state index contributed by atoms with van der Waals surface area (Å²) in [5, 5.41) is 3.32. The standard InChI is InChI=1S/C21H32N4O/c22-20(24-19-8-7-17-5-4-6-18(17)15-19)23-16-21(9-2-1-3-10-21)25-11-13-26-14-12-25/h7-8,15H,1-6,9-14,16H2,(H3,22,23,24). The van der Waals surface area contributed by atoms with Gasteiger partial charge < -0.3 is 15.8 Å². The van der Waals surface area contributed by atoms with Gasteiger partial charge in [-0.25, -0.2) is 0 Å². The summed E-state index contributed by atoms with van der Waals surface area (Å²) in [6.45, 7) is 4.51. The number of nitrogens with two attached hydrogens (primary N) is 1. The summed E-state index contributed by atoms with van der Waals surface area (Å²) in [6, 6.07) is 6.60. The van der Waals surface area contributed by atoms with Crippen LogP contribution in [0, 0.1) is 0 Å². The molecule has 5 heteroatoms. The molecule has 26 heavy (non-hydrogen) atoms. The van der Waals surface area contributed by atoms with Crippen molar-refractivity contribution in [2.24, 2.45) is 10.7 Å². The number of rotatable bonds is 4. The van der Waals surface area contributed by atoms with Crippen LogP contribution in [0.2, 0.25) is 0 Å². The number of nitrogens with one attached hydrogen (secondary N) is 1. The zero-order chi connectivity index (χ0) is 17.8. The number of fused-ring (bicyclic) bond motifs is 1. The zero-order valence-corrected chi connectivity index (χ0v) is 15.8. The fraction of sp³-hybridized carbons (Fsp3) is 0.667. The van der Waals surface area contributed by atoms with Gasteiger partial charge >= 0.3 is 0 Å². The lowest BCUT2D eigenvalue weighted by atomic mass is 9.80. The Bertz CT molecular complexity index is 645. The molecule has 142 valence electrons. The van der Waals surface area contributed by atoms with Gasteiger partial charge in [0.25, 0.3) is 0 Å². The van der Waals surface area contributed by atoms with E-state index >= 15 is 0 Å². The number of ether oxygens (including phenoxy) is 1. The van der Waals surface area contributed by atoms with E-state index in [9.17, 15) is 0 Å². The van der Waals surface area contributed by atoms with Gasteiger partial charge in [0.15, 0.2) is 5.96 Å². The summed E-state index contributed by atoms with van der Waals surface area (Å²) in [6.07, 6.45) is 10.0. The van der Waals surface area contributed by atoms with Crippen LogP contribution in [-0.2, 0) is 17.6 Å². The van der Waals surface area contributed by atoms with Crippen LogP contribution in [-0.4, -0.2) is 49.2 Å². The van der Waals surface area contributed by atoms with E-state index in [2.05, 4.69) is 28.4 Å². The van der Waals surface area contributed by atoms with E-state index in [1.165, 1.54) is 62.5 Å². The van der Waals surface area contributed by atoms with Crippen LogP contribution >= 0.6 is 0 Å². The highest BCUT2D eigenvalue weighted by atomic mass is 16.5. The minimum atomic E-state index is 0.173. The number of hydrogen-bond acceptors (Lipinski definition) is 3. The minimum absolute atomic E-state index is 0.173. The quantitative estimate of drug-likeness (QED) is 0.643. The molecule has 1 saturated carbocycles. The average Bonchev–Trinajstić information content (AvgIpc) is 3.16. The predicted molar refractivity (Wildman–Crippen MR) is 107 cm³/mol. The first-order chi connectivity index (χ1) is 12.8. The Hall–Kier alpha value is -1.59. The summed E-state index contributed by atoms with van der Waals surface area (Å²) in [5.41, 5.74) is 10.4. The maximum atomic E-state index is 6.25. The SMILES string of the molecule is NC(=NCC1(N2CCOCC2)CCCCC1)Nc1ccc2c(c1)CCC2. The molecule has 1 heterocycles. The molecular weight excluding hydrogens is 324 g/mol. The first-order valence-corrected chi connectivity index (χ1v) is 10.3. The van der Waals surface area contributed by atoms with Gasteiger partial charge in [0.1, 0.15) is 0 Å². The van der Waals surface area contributed by atoms with E-state index in [4.69, 9.17) is 15.5 Å². The molecule has 0 radical (unpaired) electrons. The molecule has 2 fully saturated rings. The first-order valence-electron chi connectivity index (χ1n) is 10.3. The van der Waals surface area contributed by atoms with E-state index in [-0.39, 0.29) is 5.54 Å². The summed E-state index contributed by atoms with van der Waals surface area (Å²) >= 11 is 0. The topological polar surface area (TPSA) is 62.9 Å². The van der Waals surface area contributed by atoms with Crippen LogP contribution in [0.25, 0.3) is 0 Å². The molecule has 1 aliphatic heterocycles. The molecule has 1 saturated heterocycles. The second-order valence-corrected chi connectivity index (χ2v) is 8.05. The van der Waals surface area contributed by atoms with E-state index in [0.717, 1.165) is 38.5 Å². The van der Waals surface area contributed by atoms with Gasteiger partial charge in [-0.05, 0) is 55.4 Å². The van der Waals surface area contributed by atoms with E-state index < -0.39 is 0 Å². The average molecular weight is 357 g/mol. The number of morpholine rings is 1. The summed E-state index contributed by atoms with van der Waals surface area (Å²) in [7, 11) is 0. The first kappa shape index (κ1) is 17.8. The smallest absolute Gasteiger partial charge is 0.193 e. The van der Waals surface area contributed by atoms with E-state index in [1.54, 1.807) is 0 Å². The molecule has 0 atom stereocenters. The molecule has 0 aromatic heterocycles. The summed E-state index contributed by atoms with van der Waals surface area (Å²) < 4.78 is 5.56. The van der Waals surface area contributed by atoms with Crippen LogP contribution in [0.5, 0.6) is 0 Å². The normalized spacial score (nSPS) is 23.6. The van der Waals surface area contributed by atoms with E-state index in [0.29, 0.717) is 5.96 Å². The number of guanidine groups is 1. The van der Waals surface area contributed by atoms with E-state index in [1.807, 2.05) is 0 Å². The number of anilines is 1. The molecule has 3 N–H and O–H groups in total. The van der Waals surface area contributed by atoms with Crippen molar-refractivity contribution >= 4 is 11.6 Å². The Morgan fingerprint density at radius 1 is 1.08 bits per heavy atom. The van der Waals surface area contributed by atoms with Gasteiger partial charge in [-0.1, -0.05) is 25.3 Å². The van der Waals surface area contributed by atoms with Gasteiger partial charge in [-0.2, -0.15) is 0 Å². The van der Waals surface area contributed by atoms with Crippen molar-refractivity contribution < 1.29 is 4.74 Å². The Balaban J connectivity index is 1.43. The minimum Gasteiger partial charge on any atom is -0.379 e. The van der Waals surface area contributed by atoms with Gasteiger partial charge in [0, 0.05) is 24.3 Å². The third kappa shape index (κ3) is 3.89. The molecule has 1 aromatic carbocycles. The lowest BCUT2D eigenvalue weighted by Crippen LogP contribution is -2.56. The Morgan fingerprint density at radius 3 is 2.65 bits per heavy atom. The Morgan fingerprint density at radius 2 is 1.85 bits per heavy atom. The maximum absolute atomic E-state index is 6.25. The third-order valence-electron chi connectivity index (χ3n) is 6.38. The molecule has 0 bridgehead atoms. The van der Waals surface area contributed by atoms with Crippen molar-refractivity contribution in [1.82, 2.24) is 4.90 Å². The molecule has 5 nitrogen and oxygen atoms in total. The third-order valence-corrected chi connectivity index (χ3v) is 6.38. The van der Waals surface area contributed by atoms with Crippen LogP contribution in [0.1, 0.15) is 49.7 Å². The molecule has 1 aromatic rings. The Kier molecular flexibility index (Phi) is 5.46. The van der Waals surface area contributed by atoms with Crippen LogP contribution in [0.4, 0.5) is 5.69 Å². The largest absolute Gasteiger partial charge is 0.379 e. The fourth-order valence-electron chi connectivity index (χ4n) is 4.89. The van der Waals surface area contributed by atoms with Crippen LogP contribution < -0.4 is 11.1 Å². The summed E-state index contributed by atoms with van der Waals surface area (Å²) in [4.78, 5) is 7.40. The van der Waals surface area contributed by atoms with Crippen LogP contribution in [0.15, 0.2) is 23.2 Å². The van der Waals surface area contributed by atoms with Crippen LogP contribution in [0.3, 0.4) is 0 Å². The van der Waals surface area contributed by atoms with Crippen molar-refractivity contribution in [3.05, 3.63) is 29.3 Å². The number of benzene rings is 1. The predicted octanol–water partition coefficient (Wildman–Crippen LogP) is 2.94. The number of aliphatic imine (C=N–C) groups is 1. The molecule has 0 unspecified atom stereocenters. The monoisotopic (exact) mass is 356 g/mol. The lowest BCUT2D eigenvalue weighted by molar-refractivity contribution is -0.0333. The highest BCUT2D eigenvalue weighted by molar-refractivity contribution is 5.92. The van der Waals surface area contributed by atoms with Crippen molar-refractivity contribution in [3.63, 3.8) is 0 Å². The van der Waals surface area contributed by atoms with Crippen molar-refractivity contribution in [2.45, 2.75) is 56.9 Å². The molecule has 0 spiro atoms. The fourth-order valence-corrected chi connectivity index (χ4v) is 4.89. The van der Waals surface area contributed by atoms with Crippen molar-refractivity contribution in [1.29, 1.82) is 0 Å². The number of aryl methyl sites for hydroxylation is 2. The van der Waals surface area contributed by atoms with Crippen molar-refractivity contribution in [3.8, 4) is 0 Å². The lowest BCUT2D eigenvalue weighted by Gasteiger charge is -2.47. The second-order valence-electron chi connectivity index (χ2n) is 8.05. The summed E-state index contributed by atoms with van der Waals surface area (Å²) in [5.74, 6) is 0.543. The highest BCUT2D eigenvalue weighted by Crippen LogP contribution is 2.34. The molecule has 4 rings (SSSR count). The van der Waals surface area contributed by atoms with Gasteiger partial charge in [0.2, 0.25) is 0 Å². The second kappa shape index (κ2) is 7.97. The van der Waals surface area contributed by atoms with Gasteiger partial charge in [-0.15, -0.1) is 0 Å². The van der Waals surface area contributed by atoms with Crippen molar-refractivity contribution in [2.75, 3.05) is 38.2 Å². The Labute approximate surface area is 157 Å². The number of hydrogen-bond donors (Lipinski definition) is 2. The molecule has 3 aliphatic rings. The van der Waals surface area contributed by atoms with Gasteiger partial charge in [-0.3, -0.25) is 9.89 Å². The zero-order valence-electron chi connectivity index (χ0n) is 15.8. The molecular formula is C21H32N4O. The molecule has 0 amide bonds.